The topological polar surface area (TPSA) is 56.0 Å². The van der Waals surface area contributed by atoms with E-state index in [-0.39, 0.29) is 11.2 Å². The van der Waals surface area contributed by atoms with Crippen molar-refractivity contribution in [3.05, 3.63) is 82.9 Å². The number of alkyl halides is 2. The van der Waals surface area contributed by atoms with Crippen LogP contribution in [0.1, 0.15) is 30.9 Å². The molecule has 0 saturated heterocycles. The summed E-state index contributed by atoms with van der Waals surface area (Å²) >= 11 is 5.85. The second-order valence-corrected chi connectivity index (χ2v) is 7.20. The van der Waals surface area contributed by atoms with Crippen molar-refractivity contribution in [3.8, 4) is 0 Å². The Morgan fingerprint density at radius 1 is 1.07 bits per heavy atom. The number of allylic oxidation sites excluding steroid dienone is 4. The van der Waals surface area contributed by atoms with E-state index in [2.05, 4.69) is 20.3 Å². The summed E-state index contributed by atoms with van der Waals surface area (Å²) in [5.41, 5.74) is 1.97. The number of rotatable bonds is 4. The number of fused-ring (bicyclic) bond motifs is 2. The van der Waals surface area contributed by atoms with Crippen LogP contribution in [0.15, 0.2) is 65.8 Å². The highest BCUT2D eigenvalue weighted by molar-refractivity contribution is 6.29. The summed E-state index contributed by atoms with van der Waals surface area (Å²) in [6, 6.07) is 11.1. The van der Waals surface area contributed by atoms with E-state index >= 15 is 8.78 Å². The van der Waals surface area contributed by atoms with Crippen LogP contribution < -0.4 is 0 Å². The van der Waals surface area contributed by atoms with E-state index in [9.17, 15) is 0 Å². The molecule has 1 aromatic carbocycles. The van der Waals surface area contributed by atoms with Crippen LogP contribution in [0.3, 0.4) is 0 Å². The average Bonchev–Trinajstić information content (AvgIpc) is 3.15. The van der Waals surface area contributed by atoms with E-state index in [0.29, 0.717) is 21.6 Å². The molecule has 0 N–H and O–H groups in total. The Balaban J connectivity index is 1.82. The number of hydrogen-bond acceptors (Lipinski definition) is 4. The molecule has 4 rings (SSSR count). The zero-order valence-corrected chi connectivity index (χ0v) is 16.4. The second-order valence-electron chi connectivity index (χ2n) is 6.60. The molecular weight excluding hydrogens is 396 g/mol. The summed E-state index contributed by atoms with van der Waals surface area (Å²) < 4.78 is 31.8. The SMILES string of the molecule is C/C(Cl)=C\C=C(/C)c1ccc2nnc(C(F)(F)c3ccc4ncccc4c3)n2n1. The van der Waals surface area contributed by atoms with Crippen molar-refractivity contribution in [2.75, 3.05) is 0 Å². The van der Waals surface area contributed by atoms with Crippen molar-refractivity contribution in [1.29, 1.82) is 0 Å². The van der Waals surface area contributed by atoms with Gasteiger partial charge in [-0.25, -0.2) is 0 Å². The molecule has 8 heteroatoms. The van der Waals surface area contributed by atoms with Gasteiger partial charge in [0.15, 0.2) is 5.65 Å². The highest BCUT2D eigenvalue weighted by Crippen LogP contribution is 2.35. The molecule has 0 fully saturated rings. The third kappa shape index (κ3) is 3.61. The third-order valence-electron chi connectivity index (χ3n) is 4.48. The van der Waals surface area contributed by atoms with Gasteiger partial charge in [0.05, 0.1) is 11.2 Å². The molecule has 0 aliphatic carbocycles. The Kier molecular flexibility index (Phi) is 4.84. The third-order valence-corrected chi connectivity index (χ3v) is 4.60. The fourth-order valence-corrected chi connectivity index (χ4v) is 2.98. The van der Waals surface area contributed by atoms with Gasteiger partial charge in [-0.1, -0.05) is 29.8 Å². The minimum Gasteiger partial charge on any atom is -0.256 e. The van der Waals surface area contributed by atoms with Crippen LogP contribution in [-0.2, 0) is 5.92 Å². The Hall–Kier alpha value is -3.19. The van der Waals surface area contributed by atoms with E-state index in [1.807, 2.05) is 6.92 Å². The van der Waals surface area contributed by atoms with Gasteiger partial charge in [-0.2, -0.15) is 18.4 Å². The Bertz CT molecular complexity index is 1270. The van der Waals surface area contributed by atoms with E-state index in [1.165, 1.54) is 12.1 Å². The van der Waals surface area contributed by atoms with E-state index in [4.69, 9.17) is 11.6 Å². The molecule has 0 spiro atoms. The van der Waals surface area contributed by atoms with Gasteiger partial charge < -0.3 is 0 Å². The first kappa shape index (κ1) is 19.1. The van der Waals surface area contributed by atoms with Crippen molar-refractivity contribution >= 4 is 33.7 Å². The van der Waals surface area contributed by atoms with Gasteiger partial charge >= 0.3 is 5.92 Å². The van der Waals surface area contributed by atoms with Crippen LogP contribution in [0.2, 0.25) is 0 Å². The summed E-state index contributed by atoms with van der Waals surface area (Å²) in [7, 11) is 0. The number of nitrogens with zero attached hydrogens (tertiary/aromatic N) is 5. The van der Waals surface area contributed by atoms with Gasteiger partial charge in [0.1, 0.15) is 0 Å². The monoisotopic (exact) mass is 411 g/mol. The predicted molar refractivity (Wildman–Crippen MR) is 109 cm³/mol. The van der Waals surface area contributed by atoms with E-state index in [1.54, 1.807) is 55.6 Å². The molecule has 0 bridgehead atoms. The standard InChI is InChI=1S/C21H16ClF2N5/c1-13(5-6-14(2)22)17-9-10-19-26-27-20(29(19)28-17)21(23,24)16-7-8-18-15(12-16)4-3-11-25-18/h3-12H,1-2H3/b13-5+,14-6+. The molecule has 29 heavy (non-hydrogen) atoms. The van der Waals surface area contributed by atoms with Crippen molar-refractivity contribution in [1.82, 2.24) is 24.8 Å². The minimum absolute atomic E-state index is 0.201. The lowest BCUT2D eigenvalue weighted by molar-refractivity contribution is 0.0307. The van der Waals surface area contributed by atoms with Gasteiger partial charge in [0.2, 0.25) is 5.82 Å². The number of pyridine rings is 1. The number of benzene rings is 1. The molecule has 4 aromatic rings. The van der Waals surface area contributed by atoms with Gasteiger partial charge in [-0.05, 0) is 55.8 Å². The molecule has 146 valence electrons. The molecule has 0 atom stereocenters. The lowest BCUT2D eigenvalue weighted by Gasteiger charge is -2.15. The van der Waals surface area contributed by atoms with E-state index < -0.39 is 11.7 Å². The molecular formula is C21H16ClF2N5. The zero-order chi connectivity index (χ0) is 20.6. The maximum absolute atomic E-state index is 15.3. The molecule has 0 amide bonds. The molecule has 3 aromatic heterocycles. The van der Waals surface area contributed by atoms with Crippen LogP contribution >= 0.6 is 11.6 Å². The van der Waals surface area contributed by atoms with Gasteiger partial charge in [-0.15, -0.1) is 10.2 Å². The minimum atomic E-state index is -3.39. The normalized spacial score (nSPS) is 13.4. The second kappa shape index (κ2) is 7.33. The van der Waals surface area contributed by atoms with Crippen LogP contribution in [0, 0.1) is 0 Å². The largest absolute Gasteiger partial charge is 0.333 e. The predicted octanol–water partition coefficient (Wildman–Crippen LogP) is 5.36. The lowest BCUT2D eigenvalue weighted by atomic mass is 10.0. The summed E-state index contributed by atoms with van der Waals surface area (Å²) in [6.45, 7) is 3.57. The maximum atomic E-state index is 15.3. The van der Waals surface area contributed by atoms with E-state index in [0.717, 1.165) is 10.1 Å². The van der Waals surface area contributed by atoms with Crippen molar-refractivity contribution in [3.63, 3.8) is 0 Å². The summed E-state index contributed by atoms with van der Waals surface area (Å²) in [6.07, 6.45) is 5.11. The Morgan fingerprint density at radius 2 is 1.90 bits per heavy atom. The lowest BCUT2D eigenvalue weighted by Crippen LogP contribution is -2.20. The van der Waals surface area contributed by atoms with Crippen molar-refractivity contribution < 1.29 is 8.78 Å². The smallest absolute Gasteiger partial charge is 0.256 e. The number of aromatic nitrogens is 5. The molecule has 0 aliphatic heterocycles. The maximum Gasteiger partial charge on any atom is 0.333 e. The Morgan fingerprint density at radius 3 is 2.69 bits per heavy atom. The fraction of sp³-hybridized carbons (Fsp3) is 0.143. The van der Waals surface area contributed by atoms with Gasteiger partial charge in [0, 0.05) is 22.2 Å². The summed E-state index contributed by atoms with van der Waals surface area (Å²) in [4.78, 5) is 4.17. The first-order valence-corrected chi connectivity index (χ1v) is 9.21. The highest BCUT2D eigenvalue weighted by Gasteiger charge is 2.40. The summed E-state index contributed by atoms with van der Waals surface area (Å²) in [5, 5.41) is 13.1. The van der Waals surface area contributed by atoms with Crippen molar-refractivity contribution in [2.24, 2.45) is 0 Å². The van der Waals surface area contributed by atoms with Gasteiger partial charge in [-0.3, -0.25) is 4.98 Å². The highest BCUT2D eigenvalue weighted by atomic mass is 35.5. The summed E-state index contributed by atoms with van der Waals surface area (Å²) in [5.74, 6) is -3.94. The van der Waals surface area contributed by atoms with Crippen LogP contribution in [0.25, 0.3) is 22.1 Å². The molecule has 5 nitrogen and oxygen atoms in total. The molecule has 0 unspecified atom stereocenters. The first-order chi connectivity index (χ1) is 13.9. The average molecular weight is 412 g/mol. The van der Waals surface area contributed by atoms with Crippen molar-refractivity contribution in [2.45, 2.75) is 19.8 Å². The molecule has 3 heterocycles. The Labute approximate surface area is 170 Å². The quantitative estimate of drug-likeness (QED) is 0.424. The first-order valence-electron chi connectivity index (χ1n) is 8.83. The van der Waals surface area contributed by atoms with Crippen LogP contribution in [0.5, 0.6) is 0 Å². The van der Waals surface area contributed by atoms with Gasteiger partial charge in [0.25, 0.3) is 0 Å². The number of hydrogen-bond donors (Lipinski definition) is 0. The number of halogens is 3. The molecule has 0 aliphatic rings. The molecule has 0 radical (unpaired) electrons. The van der Waals surface area contributed by atoms with Crippen LogP contribution in [-0.4, -0.2) is 24.8 Å². The van der Waals surface area contributed by atoms with Crippen LogP contribution in [0.4, 0.5) is 8.78 Å². The molecule has 0 saturated carbocycles. The zero-order valence-electron chi connectivity index (χ0n) is 15.6. The fourth-order valence-electron chi connectivity index (χ4n) is 2.92.